The number of anilines is 2. The molecule has 2 aromatic heterocycles. The molecule has 312 valence electrons. The molecule has 0 saturated carbocycles. The van der Waals surface area contributed by atoms with Gasteiger partial charge in [0.15, 0.2) is 13.1 Å². The summed E-state index contributed by atoms with van der Waals surface area (Å²) in [4.78, 5) is 4.29. The lowest BCUT2D eigenvalue weighted by atomic mass is 10.2. The number of quaternary nitrogens is 2. The Morgan fingerprint density at radius 1 is 0.441 bits per heavy atom. The van der Waals surface area contributed by atoms with Crippen LogP contribution in [0, 0.1) is 0 Å². The molecular formula is C51H70N6S2+4. The van der Waals surface area contributed by atoms with Crippen LogP contribution in [0.2, 0.25) is 0 Å². The van der Waals surface area contributed by atoms with Crippen molar-refractivity contribution in [3.05, 3.63) is 118 Å². The predicted octanol–water partition coefficient (Wildman–Crippen LogP) is 10.7. The molecule has 6 aromatic rings. The van der Waals surface area contributed by atoms with Crippen molar-refractivity contribution in [3.8, 4) is 0 Å². The van der Waals surface area contributed by atoms with E-state index >= 15 is 0 Å². The fourth-order valence-electron chi connectivity index (χ4n) is 8.04. The lowest BCUT2D eigenvalue weighted by Gasteiger charge is -2.33. The normalized spacial score (nSPS) is 12.5. The van der Waals surface area contributed by atoms with Crippen LogP contribution in [0.1, 0.15) is 66.1 Å². The summed E-state index contributed by atoms with van der Waals surface area (Å²) in [5, 5.41) is 2.66. The molecule has 0 radical (unpaired) electrons. The van der Waals surface area contributed by atoms with Crippen LogP contribution in [0.5, 0.6) is 0 Å². The highest BCUT2D eigenvalue weighted by atomic mass is 32.1. The number of rotatable bonds is 22. The van der Waals surface area contributed by atoms with Gasteiger partial charge in [-0.1, -0.05) is 71.2 Å². The number of hydrogen-bond acceptors (Lipinski definition) is 4. The van der Waals surface area contributed by atoms with Gasteiger partial charge in [0.1, 0.15) is 9.40 Å². The van der Waals surface area contributed by atoms with Crippen LogP contribution in [-0.4, -0.2) is 91.5 Å². The number of para-hydroxylation sites is 2. The lowest BCUT2D eigenvalue weighted by Crippen LogP contribution is -2.46. The largest absolute Gasteiger partial charge is 0.378 e. The standard InChI is InChI=1S/C51H70N6S2/c1-52(2)44-30-24-42(25-31-44)28-34-50-54(46-20-11-13-22-48(46)58-50)36-15-9-17-38-56(5,6)40-19-41-57(7,8)39-18-10-16-37-55-47-21-12-14-23-49(47)59-51(55)35-29-43-26-32-45(33-27-43)53(3)4/h11-14,20-35H,9-10,15-19,36-41H2,1-8H3/q+4. The molecule has 6 rings (SSSR count). The van der Waals surface area contributed by atoms with Crippen molar-refractivity contribution >= 4 is 78.8 Å². The molecule has 8 heteroatoms. The summed E-state index contributed by atoms with van der Waals surface area (Å²) in [5.74, 6) is 0. The molecular weight excluding hydrogens is 761 g/mol. The second-order valence-corrected chi connectivity index (χ2v) is 20.1. The molecule has 0 atom stereocenters. The van der Waals surface area contributed by atoms with Crippen molar-refractivity contribution in [2.45, 2.75) is 58.0 Å². The number of aromatic nitrogens is 2. The molecule has 0 bridgehead atoms. The minimum Gasteiger partial charge on any atom is -0.378 e. The van der Waals surface area contributed by atoms with E-state index in [-0.39, 0.29) is 0 Å². The lowest BCUT2D eigenvalue weighted by molar-refractivity contribution is -0.909. The third kappa shape index (κ3) is 12.8. The molecule has 0 fully saturated rings. The van der Waals surface area contributed by atoms with E-state index in [2.05, 4.69) is 197 Å². The Morgan fingerprint density at radius 2 is 0.814 bits per heavy atom. The minimum absolute atomic E-state index is 1.06. The quantitative estimate of drug-likeness (QED) is 0.0384. The average molecular weight is 831 g/mol. The molecule has 4 aromatic carbocycles. The Balaban J connectivity index is 0.907. The molecule has 0 N–H and O–H groups in total. The molecule has 2 heterocycles. The summed E-state index contributed by atoms with van der Waals surface area (Å²) in [5.41, 5.74) is 7.64. The first-order chi connectivity index (χ1) is 28.4. The Hall–Kier alpha value is -4.34. The third-order valence-corrected chi connectivity index (χ3v) is 14.0. The number of aryl methyl sites for hydroxylation is 2. The molecule has 0 unspecified atom stereocenters. The summed E-state index contributed by atoms with van der Waals surface area (Å²) in [6.07, 6.45) is 17.9. The zero-order chi connectivity index (χ0) is 41.8. The number of fused-ring (bicyclic) bond motifs is 2. The third-order valence-electron chi connectivity index (χ3n) is 11.7. The van der Waals surface area contributed by atoms with Gasteiger partial charge in [-0.25, -0.2) is 0 Å². The van der Waals surface area contributed by atoms with Crippen molar-refractivity contribution in [1.82, 2.24) is 0 Å². The zero-order valence-electron chi connectivity index (χ0n) is 37.2. The maximum absolute atomic E-state index is 2.54. The second-order valence-electron chi connectivity index (χ2n) is 18.0. The highest BCUT2D eigenvalue weighted by Gasteiger charge is 2.22. The van der Waals surface area contributed by atoms with E-state index in [1.807, 2.05) is 22.7 Å². The molecule has 0 aliphatic heterocycles. The van der Waals surface area contributed by atoms with Gasteiger partial charge in [-0.15, -0.1) is 0 Å². The number of benzene rings is 4. The van der Waals surface area contributed by atoms with E-state index in [9.17, 15) is 0 Å². The molecule has 59 heavy (non-hydrogen) atoms. The Morgan fingerprint density at radius 3 is 1.20 bits per heavy atom. The van der Waals surface area contributed by atoms with E-state index in [0.717, 1.165) is 22.1 Å². The van der Waals surface area contributed by atoms with Crippen LogP contribution in [0.4, 0.5) is 11.4 Å². The topological polar surface area (TPSA) is 14.2 Å². The number of hydrogen-bond donors (Lipinski definition) is 0. The summed E-state index contributed by atoms with van der Waals surface area (Å²) < 4.78 is 10.0. The van der Waals surface area contributed by atoms with E-state index in [0.29, 0.717) is 0 Å². The van der Waals surface area contributed by atoms with Crippen LogP contribution < -0.4 is 18.9 Å². The van der Waals surface area contributed by atoms with Crippen molar-refractivity contribution in [2.24, 2.45) is 0 Å². The Kier molecular flexibility index (Phi) is 15.6. The van der Waals surface area contributed by atoms with Gasteiger partial charge >= 0.3 is 0 Å². The van der Waals surface area contributed by atoms with Gasteiger partial charge in [0.25, 0.3) is 10.0 Å². The van der Waals surface area contributed by atoms with Gasteiger partial charge in [0.05, 0.1) is 54.4 Å². The van der Waals surface area contributed by atoms with Gasteiger partial charge in [-0.05, 0) is 85.4 Å². The maximum atomic E-state index is 2.54. The maximum Gasteiger partial charge on any atom is 0.262 e. The number of thiazole rings is 2. The van der Waals surface area contributed by atoms with E-state index in [1.54, 1.807) is 0 Å². The molecule has 0 saturated heterocycles. The minimum atomic E-state index is 1.06. The molecule has 0 amide bonds. The smallest absolute Gasteiger partial charge is 0.262 e. The molecule has 6 nitrogen and oxygen atoms in total. The molecule has 0 aliphatic carbocycles. The van der Waals surface area contributed by atoms with Crippen molar-refractivity contribution in [1.29, 1.82) is 0 Å². The zero-order valence-corrected chi connectivity index (χ0v) is 38.9. The Labute approximate surface area is 363 Å². The summed E-state index contributed by atoms with van der Waals surface area (Å²) >= 11 is 3.80. The van der Waals surface area contributed by atoms with Crippen molar-refractivity contribution < 1.29 is 18.1 Å². The summed E-state index contributed by atoms with van der Waals surface area (Å²) in [6.45, 7) is 7.10. The fourth-order valence-corrected chi connectivity index (χ4v) is 10.2. The highest BCUT2D eigenvalue weighted by Crippen LogP contribution is 2.25. The number of unbranched alkanes of at least 4 members (excludes halogenated alkanes) is 4. The summed E-state index contributed by atoms with van der Waals surface area (Å²) in [6, 6.07) is 35.3. The number of nitrogens with zero attached hydrogens (tertiary/aromatic N) is 6. The van der Waals surface area contributed by atoms with Crippen LogP contribution in [-0.2, 0) is 13.1 Å². The second kappa shape index (κ2) is 20.8. The van der Waals surface area contributed by atoms with Crippen LogP contribution in [0.15, 0.2) is 97.1 Å². The van der Waals surface area contributed by atoms with Crippen molar-refractivity contribution in [3.63, 3.8) is 0 Å². The van der Waals surface area contributed by atoms with Gasteiger partial charge < -0.3 is 18.8 Å². The van der Waals surface area contributed by atoms with Gasteiger partial charge in [-0.2, -0.15) is 9.13 Å². The fraction of sp³-hybridized carbons (Fsp3) is 0.412. The first-order valence-corrected chi connectivity index (χ1v) is 23.4. The Bertz CT molecular complexity index is 2110. The predicted molar refractivity (Wildman–Crippen MR) is 259 cm³/mol. The average Bonchev–Trinajstić information content (AvgIpc) is 3.76. The van der Waals surface area contributed by atoms with Gasteiger partial charge in [-0.3, -0.25) is 0 Å². The van der Waals surface area contributed by atoms with Gasteiger partial charge in [0.2, 0.25) is 11.0 Å². The highest BCUT2D eigenvalue weighted by molar-refractivity contribution is 7.19. The van der Waals surface area contributed by atoms with Crippen LogP contribution in [0.3, 0.4) is 0 Å². The van der Waals surface area contributed by atoms with E-state index < -0.39 is 0 Å². The molecule has 0 spiro atoms. The first-order valence-electron chi connectivity index (χ1n) is 21.8. The van der Waals surface area contributed by atoms with E-state index in [1.165, 1.54) is 124 Å². The molecule has 0 aliphatic rings. The van der Waals surface area contributed by atoms with Gasteiger partial charge in [0, 0.05) is 83.1 Å². The van der Waals surface area contributed by atoms with Crippen molar-refractivity contribution in [2.75, 3.05) is 92.4 Å². The first kappa shape index (κ1) is 44.2. The van der Waals surface area contributed by atoms with E-state index in [4.69, 9.17) is 0 Å². The monoisotopic (exact) mass is 831 g/mol. The van der Waals surface area contributed by atoms with Crippen LogP contribution >= 0.6 is 22.7 Å². The SMILES string of the molecule is CN(C)c1ccc(/C=C/c2sc3ccccc3[n+]2CCCCC[N+](C)(C)CCC[N+](C)(C)CCCCC[n+]2c(/C=C/c3ccc(N(C)C)cc3)sc3ccccc32)cc1. The summed E-state index contributed by atoms with van der Waals surface area (Å²) in [7, 11) is 18.1. The van der Waals surface area contributed by atoms with Crippen LogP contribution in [0.25, 0.3) is 44.7 Å².